The van der Waals surface area contributed by atoms with E-state index in [4.69, 9.17) is 37.3 Å². The Hall–Kier alpha value is -4.52. The Balaban J connectivity index is 0.00000146. The van der Waals surface area contributed by atoms with Crippen molar-refractivity contribution in [3.63, 3.8) is 0 Å². The molecule has 0 atom stereocenters. The molecule has 78 heavy (non-hydrogen) atoms. The van der Waals surface area contributed by atoms with E-state index in [9.17, 15) is 0 Å². The van der Waals surface area contributed by atoms with Gasteiger partial charge in [-0.1, -0.05) is 107 Å². The zero-order chi connectivity index (χ0) is 57.4. The molecule has 0 amide bonds. The van der Waals surface area contributed by atoms with Crippen LogP contribution in [-0.2, 0) is 0 Å². The van der Waals surface area contributed by atoms with Crippen molar-refractivity contribution in [3.8, 4) is 0 Å². The number of nitrogens with zero attached hydrogens (tertiary/aromatic N) is 4. The number of hydrogen-bond donors (Lipinski definition) is 2. The van der Waals surface area contributed by atoms with Crippen LogP contribution >= 0.6 is 0 Å². The van der Waals surface area contributed by atoms with E-state index in [1.54, 1.807) is 0 Å². The Morgan fingerprint density at radius 3 is 0.474 bits per heavy atom. The molecule has 2 N–H and O–H groups in total. The van der Waals surface area contributed by atoms with E-state index in [0.29, 0.717) is 0 Å². The van der Waals surface area contributed by atoms with Crippen molar-refractivity contribution in [2.45, 2.75) is 158 Å². The topological polar surface area (TPSA) is 206 Å². The normalized spacial score (nSPS) is 11.5. The molecule has 0 unspecified atom stereocenters. The molecule has 5 rings (SSSR count). The van der Waals surface area contributed by atoms with Crippen LogP contribution in [0.4, 0.5) is 56.9 Å². The summed E-state index contributed by atoms with van der Waals surface area (Å²) in [5, 5.41) is 0. The average molecular weight is 1120 g/mol. The molecule has 0 saturated carbocycles. The lowest BCUT2D eigenvalue weighted by Gasteiger charge is -2.27. The van der Waals surface area contributed by atoms with Crippen molar-refractivity contribution in [1.82, 2.24) is 0 Å². The first-order chi connectivity index (χ1) is 37.4. The molecule has 0 aliphatic rings. The Labute approximate surface area is 473 Å². The van der Waals surface area contributed by atoms with Gasteiger partial charge in [0.2, 0.25) is 0 Å². The highest BCUT2D eigenvalue weighted by molar-refractivity contribution is 5.60. The van der Waals surface area contributed by atoms with E-state index in [-0.39, 0.29) is 0 Å². The van der Waals surface area contributed by atoms with Crippen LogP contribution in [0.2, 0.25) is 0 Å². The van der Waals surface area contributed by atoms with Crippen LogP contribution in [0.25, 0.3) is 0 Å². The van der Waals surface area contributed by atoms with Crippen LogP contribution in [0.1, 0.15) is 158 Å². The molecule has 16 heteroatoms. The Bertz CT molecular complexity index is 1950. The van der Waals surface area contributed by atoms with Crippen molar-refractivity contribution in [3.05, 3.63) is 121 Å². The zero-order valence-electron chi connectivity index (χ0n) is 48.3. The zero-order valence-corrected chi connectivity index (χ0v) is 49.8. The largest absolute Gasteiger partial charge is 0.372 e. The molecule has 0 fully saturated rings. The standard InChI is InChI=1S/C62H92N6.2ClHO4/c1-9-17-45-63(46-18-10-2)53-25-33-57(34-26-53)67(58-35-27-54(28-36-58)64(47-19-11-3)48-20-12-4)61-41-43-62(44-42-61)68(59-37-29-55(30-38-59)65(49-21-13-5)50-22-14-6)60-39-31-56(32-40-60)66(51-23-15-7)52-24-16-8;2*2-1(3,4)5/h25-44H,9-24,45-52H2,1-8H3;2*(H,2,3,4,5). The minimum absolute atomic E-state index is 1.11. The number of rotatable bonds is 34. The van der Waals surface area contributed by atoms with E-state index >= 15 is 0 Å². The maximum atomic E-state index is 8.49. The summed E-state index contributed by atoms with van der Waals surface area (Å²) in [4.78, 5) is 13.0. The van der Waals surface area contributed by atoms with Crippen molar-refractivity contribution in [2.75, 3.05) is 72.0 Å². The lowest BCUT2D eigenvalue weighted by atomic mass is 10.1. The van der Waals surface area contributed by atoms with Crippen molar-refractivity contribution >= 4 is 56.9 Å². The second-order valence-corrected chi connectivity index (χ2v) is 21.6. The number of quaternary nitrogens is 2. The third-order valence-corrected chi connectivity index (χ3v) is 13.8. The first-order valence-corrected chi connectivity index (χ1v) is 31.4. The molecule has 0 aliphatic carbocycles. The van der Waals surface area contributed by atoms with Crippen molar-refractivity contribution in [2.24, 2.45) is 0 Å². The summed E-state index contributed by atoms with van der Waals surface area (Å²) < 4.78 is 67.9. The number of hydrogen-bond acceptors (Lipinski definition) is 12. The second kappa shape index (κ2) is 37.4. The summed E-state index contributed by atoms with van der Waals surface area (Å²) >= 11 is 0. The Morgan fingerprint density at radius 2 is 0.359 bits per heavy atom. The number of benzene rings is 5. The number of halogens is 2. The smallest absolute Gasteiger partial charge is 0.141 e. The third kappa shape index (κ3) is 25.7. The molecule has 0 radical (unpaired) electrons. The van der Waals surface area contributed by atoms with E-state index in [2.05, 4.69) is 196 Å². The summed E-state index contributed by atoms with van der Waals surface area (Å²) in [7, 11) is -9.89. The molecule has 0 bridgehead atoms. The Kier molecular flexibility index (Phi) is 32.5. The molecule has 0 aromatic heterocycles. The minimum Gasteiger partial charge on any atom is -0.372 e. The second-order valence-electron chi connectivity index (χ2n) is 20.0. The monoisotopic (exact) mass is 1120 g/mol. The molecular formula is C62H94Cl2N6O8. The molecule has 5 aromatic rings. The van der Waals surface area contributed by atoms with Gasteiger partial charge in [-0.2, -0.15) is 0 Å². The van der Waals surface area contributed by atoms with Gasteiger partial charge in [-0.3, -0.25) is 0 Å². The Morgan fingerprint density at radius 1 is 0.244 bits per heavy atom. The van der Waals surface area contributed by atoms with Crippen LogP contribution < -0.4 is 66.7 Å². The summed E-state index contributed by atoms with van der Waals surface area (Å²) in [6, 6.07) is 47.5. The molecule has 14 nitrogen and oxygen atoms in total. The number of nitrogens with one attached hydrogen (secondary N) is 2. The molecule has 5 aromatic carbocycles. The molecule has 0 spiro atoms. The van der Waals surface area contributed by atoms with Gasteiger partial charge in [0.05, 0.1) is 0 Å². The van der Waals surface area contributed by atoms with Gasteiger partial charge in [0, 0.05) is 148 Å². The lowest BCUT2D eigenvalue weighted by Crippen LogP contribution is -2.97. The van der Waals surface area contributed by atoms with E-state index in [1.807, 2.05) is 0 Å². The third-order valence-electron chi connectivity index (χ3n) is 13.8. The minimum atomic E-state index is -4.94. The predicted octanol–water partition coefficient (Wildman–Crippen LogP) is 6.16. The predicted molar refractivity (Wildman–Crippen MR) is 300 cm³/mol. The van der Waals surface area contributed by atoms with Crippen molar-refractivity contribution in [1.29, 1.82) is 0 Å². The summed E-state index contributed by atoms with van der Waals surface area (Å²) in [5.74, 6) is 0. The van der Waals surface area contributed by atoms with Gasteiger partial charge in [-0.15, -0.1) is 20.5 Å². The average Bonchev–Trinajstić information content (AvgIpc) is 3.42. The SMILES string of the molecule is CCCCN(CCCC)c1ccc([NH+](c2ccc(N(CCCC)CCCC)cc2)c2ccc([NH+](c3ccc(N(CCCC)CCCC)cc3)c3ccc(N(CCCC)CCCC)cc3)cc2)cc1.[O-][Cl+3]([O-])([O-])[O-].[O-][Cl+3]([O-])([O-])[O-]. The van der Waals surface area contributed by atoms with Crippen LogP contribution in [0.3, 0.4) is 0 Å². The maximum Gasteiger partial charge on any atom is 0.141 e. The van der Waals surface area contributed by atoms with Crippen LogP contribution in [0.15, 0.2) is 121 Å². The fraction of sp³-hybridized carbons (Fsp3) is 0.516. The van der Waals surface area contributed by atoms with Crippen LogP contribution in [0, 0.1) is 20.5 Å². The fourth-order valence-corrected chi connectivity index (χ4v) is 9.43. The van der Waals surface area contributed by atoms with Gasteiger partial charge in [0.25, 0.3) is 0 Å². The van der Waals surface area contributed by atoms with Gasteiger partial charge in [0.1, 0.15) is 34.1 Å². The van der Waals surface area contributed by atoms with E-state index in [0.717, 1.165) is 52.4 Å². The summed E-state index contributed by atoms with van der Waals surface area (Å²) in [5.41, 5.74) is 12.8. The number of anilines is 4. The molecule has 0 saturated heterocycles. The van der Waals surface area contributed by atoms with Gasteiger partial charge < -0.3 is 19.6 Å². The molecule has 434 valence electrons. The highest BCUT2D eigenvalue weighted by Gasteiger charge is 2.25. The molecule has 0 aliphatic heterocycles. The molecule has 0 heterocycles. The summed E-state index contributed by atoms with van der Waals surface area (Å²) in [6.07, 6.45) is 19.4. The first kappa shape index (κ1) is 67.8. The fourth-order valence-electron chi connectivity index (χ4n) is 9.43. The van der Waals surface area contributed by atoms with Gasteiger partial charge in [0.15, 0.2) is 0 Å². The lowest BCUT2D eigenvalue weighted by molar-refractivity contribution is -2.00. The highest BCUT2D eigenvalue weighted by Crippen LogP contribution is 2.27. The first-order valence-electron chi connectivity index (χ1n) is 28.9. The van der Waals surface area contributed by atoms with E-state index in [1.165, 1.54) is 169 Å². The quantitative estimate of drug-likeness (QED) is 0.0475. The van der Waals surface area contributed by atoms with Crippen LogP contribution in [-0.4, -0.2) is 52.4 Å². The molecular weight excluding hydrogens is 1030 g/mol. The number of unbranched alkanes of at least 4 members (excludes halogenated alkanes) is 8. The van der Waals surface area contributed by atoms with Crippen molar-refractivity contribution < 1.29 is 67.6 Å². The maximum absolute atomic E-state index is 8.49. The van der Waals surface area contributed by atoms with Crippen LogP contribution in [0.5, 0.6) is 0 Å². The summed E-state index contributed by atoms with van der Waals surface area (Å²) in [6.45, 7) is 27.3. The van der Waals surface area contributed by atoms with Gasteiger partial charge in [-0.05, 0) is 99.9 Å². The van der Waals surface area contributed by atoms with Gasteiger partial charge in [-0.25, -0.2) is 47.1 Å². The highest BCUT2D eigenvalue weighted by atomic mass is 35.7. The van der Waals surface area contributed by atoms with E-state index < -0.39 is 20.5 Å². The van der Waals surface area contributed by atoms with Gasteiger partial charge >= 0.3 is 0 Å².